The van der Waals surface area contributed by atoms with Crippen molar-refractivity contribution in [2.24, 2.45) is 0 Å². The van der Waals surface area contributed by atoms with Crippen molar-refractivity contribution in [3.8, 4) is 0 Å². The fourth-order valence-corrected chi connectivity index (χ4v) is 2.59. The Morgan fingerprint density at radius 1 is 1.53 bits per heavy atom. The van der Waals surface area contributed by atoms with Gasteiger partial charge in [0.2, 0.25) is 0 Å². The molecule has 0 unspecified atom stereocenters. The lowest BCUT2D eigenvalue weighted by Gasteiger charge is -2.02. The van der Waals surface area contributed by atoms with Crippen LogP contribution in [0.15, 0.2) is 12.3 Å². The predicted molar refractivity (Wildman–Crippen MR) is 75.1 cm³/mol. The molecular formula is C9H6ClIN4OS. The molecule has 0 aliphatic carbocycles. The van der Waals surface area contributed by atoms with Gasteiger partial charge in [0.15, 0.2) is 5.13 Å². The highest BCUT2D eigenvalue weighted by molar-refractivity contribution is 14.1. The smallest absolute Gasteiger partial charge is 0.264 e. The fraction of sp³-hybridized carbons (Fsp3) is 0.111. The zero-order chi connectivity index (χ0) is 12.4. The van der Waals surface area contributed by atoms with Gasteiger partial charge >= 0.3 is 0 Å². The van der Waals surface area contributed by atoms with E-state index in [1.54, 1.807) is 6.07 Å². The SMILES string of the molecule is Cc1nc(I)cc(Nc2ncc(C(=O)Cl)s2)n1. The minimum absolute atomic E-state index is 0.398. The lowest BCUT2D eigenvalue weighted by molar-refractivity contribution is 0.108. The molecule has 0 atom stereocenters. The number of thiazole rings is 1. The maximum atomic E-state index is 10.9. The van der Waals surface area contributed by atoms with E-state index in [0.29, 0.717) is 21.7 Å². The molecule has 0 amide bonds. The molecule has 0 aromatic carbocycles. The molecule has 5 nitrogen and oxygen atoms in total. The third-order valence-electron chi connectivity index (χ3n) is 1.74. The molecule has 2 aromatic rings. The van der Waals surface area contributed by atoms with E-state index in [0.717, 1.165) is 3.70 Å². The van der Waals surface area contributed by atoms with Crippen LogP contribution in [0.5, 0.6) is 0 Å². The number of aryl methyl sites for hydroxylation is 1. The van der Waals surface area contributed by atoms with Gasteiger partial charge in [0.1, 0.15) is 20.2 Å². The quantitative estimate of drug-likeness (QED) is 0.504. The van der Waals surface area contributed by atoms with Crippen LogP contribution in [-0.4, -0.2) is 20.2 Å². The largest absolute Gasteiger partial charge is 0.316 e. The maximum Gasteiger partial charge on any atom is 0.264 e. The number of aromatic nitrogens is 3. The average Bonchev–Trinajstić information content (AvgIpc) is 2.64. The highest BCUT2D eigenvalue weighted by Crippen LogP contribution is 2.23. The van der Waals surface area contributed by atoms with Crippen LogP contribution in [0.25, 0.3) is 0 Å². The van der Waals surface area contributed by atoms with E-state index in [4.69, 9.17) is 11.6 Å². The summed E-state index contributed by atoms with van der Waals surface area (Å²) in [5.74, 6) is 1.31. The van der Waals surface area contributed by atoms with Crippen LogP contribution in [0.4, 0.5) is 10.9 Å². The van der Waals surface area contributed by atoms with E-state index in [9.17, 15) is 4.79 Å². The summed E-state index contributed by atoms with van der Waals surface area (Å²) in [5.41, 5.74) is 0. The molecule has 17 heavy (non-hydrogen) atoms. The molecule has 2 aromatic heterocycles. The van der Waals surface area contributed by atoms with E-state index < -0.39 is 5.24 Å². The number of carbonyl (C=O) groups excluding carboxylic acids is 1. The molecule has 0 aliphatic rings. The summed E-state index contributed by atoms with van der Waals surface area (Å²) in [6, 6.07) is 1.79. The lowest BCUT2D eigenvalue weighted by atomic mass is 10.5. The first kappa shape index (κ1) is 12.7. The molecule has 2 heterocycles. The normalized spacial score (nSPS) is 10.3. The molecule has 0 saturated carbocycles. The van der Waals surface area contributed by atoms with Crippen molar-refractivity contribution in [2.45, 2.75) is 6.92 Å². The van der Waals surface area contributed by atoms with Crippen LogP contribution in [0.3, 0.4) is 0 Å². The van der Waals surface area contributed by atoms with Crippen molar-refractivity contribution in [1.82, 2.24) is 15.0 Å². The van der Waals surface area contributed by atoms with Gasteiger partial charge in [-0.2, -0.15) is 0 Å². The van der Waals surface area contributed by atoms with Crippen LogP contribution in [0, 0.1) is 10.6 Å². The van der Waals surface area contributed by atoms with E-state index in [-0.39, 0.29) is 0 Å². The monoisotopic (exact) mass is 380 g/mol. The summed E-state index contributed by atoms with van der Waals surface area (Å²) >= 11 is 8.63. The van der Waals surface area contributed by atoms with Crippen molar-refractivity contribution in [3.63, 3.8) is 0 Å². The summed E-state index contributed by atoms with van der Waals surface area (Å²) in [6.45, 7) is 1.81. The Hall–Kier alpha value is -0.800. The standard InChI is InChI=1S/C9H6ClIN4OS/c1-4-13-6(11)2-7(14-4)15-9-12-3-5(17-9)8(10)16/h2-3H,1H3,(H,12,13,14,15). The molecule has 2 rings (SSSR count). The van der Waals surface area contributed by atoms with Gasteiger partial charge in [0.25, 0.3) is 5.24 Å². The number of hydrogen-bond acceptors (Lipinski definition) is 6. The van der Waals surface area contributed by atoms with Gasteiger partial charge in [0, 0.05) is 6.07 Å². The molecule has 88 valence electrons. The summed E-state index contributed by atoms with van der Waals surface area (Å²) in [5, 5.41) is 3.06. The van der Waals surface area contributed by atoms with Crippen molar-refractivity contribution < 1.29 is 4.79 Å². The van der Waals surface area contributed by atoms with Crippen LogP contribution in [0.1, 0.15) is 15.5 Å². The Kier molecular flexibility index (Phi) is 3.89. The lowest BCUT2D eigenvalue weighted by Crippen LogP contribution is -1.98. The summed E-state index contributed by atoms with van der Waals surface area (Å²) in [7, 11) is 0. The highest BCUT2D eigenvalue weighted by atomic mass is 127. The van der Waals surface area contributed by atoms with E-state index in [1.165, 1.54) is 17.5 Å². The highest BCUT2D eigenvalue weighted by Gasteiger charge is 2.08. The van der Waals surface area contributed by atoms with Crippen molar-refractivity contribution in [1.29, 1.82) is 0 Å². The molecule has 0 spiro atoms. The number of halogens is 2. The van der Waals surface area contributed by atoms with Gasteiger partial charge in [0.05, 0.1) is 6.20 Å². The number of hydrogen-bond donors (Lipinski definition) is 1. The summed E-state index contributed by atoms with van der Waals surface area (Å²) < 4.78 is 0.836. The Bertz CT molecular complexity index is 554. The van der Waals surface area contributed by atoms with Crippen molar-refractivity contribution >= 4 is 61.7 Å². The fourth-order valence-electron chi connectivity index (χ4n) is 1.13. The minimum atomic E-state index is -0.510. The Morgan fingerprint density at radius 3 is 2.88 bits per heavy atom. The van der Waals surface area contributed by atoms with Gasteiger partial charge in [-0.1, -0.05) is 11.3 Å². The molecule has 0 aliphatic heterocycles. The van der Waals surface area contributed by atoms with Crippen LogP contribution in [0.2, 0.25) is 0 Å². The molecule has 0 saturated heterocycles. The van der Waals surface area contributed by atoms with Crippen LogP contribution >= 0.6 is 45.5 Å². The molecule has 0 fully saturated rings. The average molecular weight is 381 g/mol. The van der Waals surface area contributed by atoms with Crippen molar-refractivity contribution in [2.75, 3.05) is 5.32 Å². The van der Waals surface area contributed by atoms with Crippen molar-refractivity contribution in [3.05, 3.63) is 26.7 Å². The molecule has 0 radical (unpaired) electrons. The first-order chi connectivity index (χ1) is 8.04. The zero-order valence-corrected chi connectivity index (χ0v) is 12.3. The first-order valence-corrected chi connectivity index (χ1v) is 6.76. The van der Waals surface area contributed by atoms with E-state index in [2.05, 4.69) is 42.9 Å². The number of nitrogens with zero attached hydrogens (tertiary/aromatic N) is 3. The first-order valence-electron chi connectivity index (χ1n) is 4.48. The summed E-state index contributed by atoms with van der Waals surface area (Å²) in [6.07, 6.45) is 1.43. The van der Waals surface area contributed by atoms with Gasteiger partial charge in [-0.15, -0.1) is 0 Å². The number of carbonyl (C=O) groups is 1. The number of nitrogens with one attached hydrogen (secondary N) is 1. The molecular weight excluding hydrogens is 375 g/mol. The van der Waals surface area contributed by atoms with Gasteiger partial charge in [-0.3, -0.25) is 4.79 Å². The molecule has 1 N–H and O–H groups in total. The molecule has 8 heteroatoms. The Balaban J connectivity index is 2.22. The summed E-state index contributed by atoms with van der Waals surface area (Å²) in [4.78, 5) is 23.7. The minimum Gasteiger partial charge on any atom is -0.316 e. The Morgan fingerprint density at radius 2 is 2.29 bits per heavy atom. The van der Waals surface area contributed by atoms with E-state index >= 15 is 0 Å². The number of anilines is 2. The van der Waals surface area contributed by atoms with Gasteiger partial charge in [-0.25, -0.2) is 15.0 Å². The number of rotatable bonds is 3. The second-order valence-electron chi connectivity index (χ2n) is 3.05. The van der Waals surface area contributed by atoms with Crippen LogP contribution < -0.4 is 5.32 Å². The predicted octanol–water partition coefficient (Wildman–Crippen LogP) is 2.97. The van der Waals surface area contributed by atoms with Gasteiger partial charge < -0.3 is 5.32 Å². The van der Waals surface area contributed by atoms with Crippen LogP contribution in [-0.2, 0) is 0 Å². The topological polar surface area (TPSA) is 67.8 Å². The third-order valence-corrected chi connectivity index (χ3v) is 3.52. The second-order valence-corrected chi connectivity index (χ2v) is 5.53. The zero-order valence-electron chi connectivity index (χ0n) is 8.57. The maximum absolute atomic E-state index is 10.9. The van der Waals surface area contributed by atoms with E-state index in [1.807, 2.05) is 6.92 Å². The van der Waals surface area contributed by atoms with Gasteiger partial charge in [-0.05, 0) is 41.1 Å². The Labute approximate surface area is 120 Å². The third kappa shape index (κ3) is 3.33. The molecule has 0 bridgehead atoms. The second kappa shape index (κ2) is 5.23.